The summed E-state index contributed by atoms with van der Waals surface area (Å²) in [5.41, 5.74) is 1.54. The Bertz CT molecular complexity index is 759. The largest absolute Gasteiger partial charge is 0.462 e. The summed E-state index contributed by atoms with van der Waals surface area (Å²) in [5.74, 6) is 3.39. The maximum absolute atomic E-state index is 11.5. The van der Waals surface area contributed by atoms with Crippen LogP contribution in [0.4, 0.5) is 0 Å². The Labute approximate surface area is 201 Å². The Kier molecular flexibility index (Phi) is 7.11. The monoisotopic (exact) mass is 460 g/mol. The van der Waals surface area contributed by atoms with Crippen molar-refractivity contribution in [2.24, 2.45) is 46.3 Å². The Morgan fingerprint density at radius 1 is 1.15 bits per heavy atom. The number of fused-ring (bicyclic) bond motifs is 5. The molecule has 4 aliphatic carbocycles. The fraction of sp³-hybridized carbons (Fsp3) is 0.897. The van der Waals surface area contributed by atoms with Gasteiger partial charge in [0, 0.05) is 25.2 Å². The molecule has 0 amide bonds. The SMILES string of the molecule is CC(=O)O[C@@H]1CC2=CC[C@H]3[C@@H]4CC[C@H]([C@H](C)CC[C@H](O)C(C)C)[C@@]4(C)CC[C@@H]3[C@@]2(C)[C@@H](O)C1. The third-order valence-electron chi connectivity index (χ3n) is 10.9. The highest BCUT2D eigenvalue weighted by molar-refractivity contribution is 5.66. The zero-order valence-corrected chi connectivity index (χ0v) is 21.8. The molecule has 0 unspecified atom stereocenters. The van der Waals surface area contributed by atoms with Gasteiger partial charge in [0.1, 0.15) is 6.10 Å². The molecule has 0 bridgehead atoms. The van der Waals surface area contributed by atoms with Gasteiger partial charge in [-0.3, -0.25) is 4.79 Å². The van der Waals surface area contributed by atoms with E-state index in [2.05, 4.69) is 40.7 Å². The van der Waals surface area contributed by atoms with Crippen LogP contribution in [-0.4, -0.2) is 34.5 Å². The lowest BCUT2D eigenvalue weighted by Gasteiger charge is -2.59. The summed E-state index contributed by atoms with van der Waals surface area (Å²) in [6.45, 7) is 13.0. The Hall–Kier alpha value is -0.870. The minimum absolute atomic E-state index is 0.175. The Balaban J connectivity index is 1.50. The summed E-state index contributed by atoms with van der Waals surface area (Å²) in [4.78, 5) is 11.5. The molecule has 0 saturated heterocycles. The smallest absolute Gasteiger partial charge is 0.302 e. The van der Waals surface area contributed by atoms with E-state index in [0.29, 0.717) is 35.5 Å². The van der Waals surface area contributed by atoms with Crippen molar-refractivity contribution in [3.05, 3.63) is 11.6 Å². The van der Waals surface area contributed by atoms with E-state index in [0.717, 1.165) is 37.5 Å². The van der Waals surface area contributed by atoms with Gasteiger partial charge < -0.3 is 14.9 Å². The second-order valence-corrected chi connectivity index (χ2v) is 12.9. The van der Waals surface area contributed by atoms with Gasteiger partial charge in [-0.15, -0.1) is 0 Å². The van der Waals surface area contributed by atoms with E-state index in [9.17, 15) is 15.0 Å². The topological polar surface area (TPSA) is 66.8 Å². The van der Waals surface area contributed by atoms with Crippen molar-refractivity contribution in [2.75, 3.05) is 0 Å². The Morgan fingerprint density at radius 2 is 1.88 bits per heavy atom. The molecular weight excluding hydrogens is 412 g/mol. The van der Waals surface area contributed by atoms with Crippen molar-refractivity contribution in [3.63, 3.8) is 0 Å². The fourth-order valence-corrected chi connectivity index (χ4v) is 8.95. The van der Waals surface area contributed by atoms with E-state index in [1.165, 1.54) is 38.2 Å². The summed E-state index contributed by atoms with van der Waals surface area (Å²) in [7, 11) is 0. The average Bonchev–Trinajstić information content (AvgIpc) is 3.09. The summed E-state index contributed by atoms with van der Waals surface area (Å²) in [6.07, 6.45) is 11.2. The highest BCUT2D eigenvalue weighted by Gasteiger charge is 2.61. The summed E-state index contributed by atoms with van der Waals surface area (Å²) in [5, 5.41) is 21.7. The van der Waals surface area contributed by atoms with Crippen LogP contribution in [-0.2, 0) is 9.53 Å². The lowest BCUT2D eigenvalue weighted by Crippen LogP contribution is -2.56. The summed E-state index contributed by atoms with van der Waals surface area (Å²) < 4.78 is 5.51. The molecular formula is C29H48O4. The molecule has 3 fully saturated rings. The lowest BCUT2D eigenvalue weighted by atomic mass is 9.46. The predicted octanol–water partition coefficient (Wildman–Crippen LogP) is 5.90. The molecule has 0 aromatic rings. The fourth-order valence-electron chi connectivity index (χ4n) is 8.95. The number of carbonyl (C=O) groups excluding carboxylic acids is 1. The number of esters is 1. The third kappa shape index (κ3) is 4.33. The minimum atomic E-state index is -0.437. The lowest BCUT2D eigenvalue weighted by molar-refractivity contribution is -0.154. The molecule has 188 valence electrons. The zero-order chi connectivity index (χ0) is 24.1. The Morgan fingerprint density at radius 3 is 2.55 bits per heavy atom. The van der Waals surface area contributed by atoms with Crippen LogP contribution in [0.15, 0.2) is 11.6 Å². The van der Waals surface area contributed by atoms with Gasteiger partial charge in [-0.2, -0.15) is 0 Å². The zero-order valence-electron chi connectivity index (χ0n) is 21.8. The molecule has 0 aromatic heterocycles. The molecule has 0 aromatic carbocycles. The van der Waals surface area contributed by atoms with E-state index >= 15 is 0 Å². The number of aliphatic hydroxyl groups excluding tert-OH is 2. The molecule has 4 heteroatoms. The summed E-state index contributed by atoms with van der Waals surface area (Å²) in [6, 6.07) is 0. The van der Waals surface area contributed by atoms with Crippen molar-refractivity contribution in [1.29, 1.82) is 0 Å². The molecule has 0 radical (unpaired) electrons. The van der Waals surface area contributed by atoms with Gasteiger partial charge in [0.05, 0.1) is 12.2 Å². The maximum atomic E-state index is 11.5. The second-order valence-electron chi connectivity index (χ2n) is 12.9. The quantitative estimate of drug-likeness (QED) is 0.382. The number of rotatable bonds is 6. The van der Waals surface area contributed by atoms with Crippen LogP contribution in [0, 0.1) is 46.3 Å². The first-order valence-electron chi connectivity index (χ1n) is 13.7. The molecule has 10 atom stereocenters. The normalized spacial score (nSPS) is 44.3. The molecule has 0 spiro atoms. The highest BCUT2D eigenvalue weighted by Crippen LogP contribution is 2.67. The molecule has 33 heavy (non-hydrogen) atoms. The molecule has 4 aliphatic rings. The van der Waals surface area contributed by atoms with Crippen LogP contribution in [0.3, 0.4) is 0 Å². The van der Waals surface area contributed by atoms with Gasteiger partial charge in [0.25, 0.3) is 0 Å². The van der Waals surface area contributed by atoms with Crippen molar-refractivity contribution in [2.45, 2.75) is 118 Å². The number of hydrogen-bond acceptors (Lipinski definition) is 4. The molecule has 3 saturated carbocycles. The molecule has 4 rings (SSSR count). The maximum Gasteiger partial charge on any atom is 0.302 e. The van der Waals surface area contributed by atoms with Crippen molar-refractivity contribution < 1.29 is 19.7 Å². The third-order valence-corrected chi connectivity index (χ3v) is 10.9. The average molecular weight is 461 g/mol. The van der Waals surface area contributed by atoms with Gasteiger partial charge in [-0.05, 0) is 85.9 Å². The molecule has 0 heterocycles. The molecule has 2 N–H and O–H groups in total. The minimum Gasteiger partial charge on any atom is -0.462 e. The number of ether oxygens (including phenoxy) is 1. The first-order chi connectivity index (χ1) is 15.5. The number of allylic oxidation sites excluding steroid dienone is 1. The van der Waals surface area contributed by atoms with Crippen LogP contribution >= 0.6 is 0 Å². The van der Waals surface area contributed by atoms with Crippen molar-refractivity contribution in [3.8, 4) is 0 Å². The van der Waals surface area contributed by atoms with Crippen molar-refractivity contribution >= 4 is 5.97 Å². The van der Waals surface area contributed by atoms with Gasteiger partial charge in [-0.1, -0.05) is 46.3 Å². The van der Waals surface area contributed by atoms with Crippen molar-refractivity contribution in [1.82, 2.24) is 0 Å². The second kappa shape index (κ2) is 9.30. The van der Waals surface area contributed by atoms with E-state index in [1.807, 2.05) is 0 Å². The van der Waals surface area contributed by atoms with E-state index in [-0.39, 0.29) is 23.6 Å². The van der Waals surface area contributed by atoms with Gasteiger partial charge in [0.15, 0.2) is 0 Å². The van der Waals surface area contributed by atoms with E-state index < -0.39 is 6.10 Å². The van der Waals surface area contributed by atoms with Crippen LogP contribution in [0.5, 0.6) is 0 Å². The molecule has 4 nitrogen and oxygen atoms in total. The highest BCUT2D eigenvalue weighted by atomic mass is 16.5. The first kappa shape index (κ1) is 25.2. The number of hydrogen-bond donors (Lipinski definition) is 2. The van der Waals surface area contributed by atoms with Gasteiger partial charge in [0.2, 0.25) is 0 Å². The number of carbonyl (C=O) groups is 1. The van der Waals surface area contributed by atoms with Crippen LogP contribution < -0.4 is 0 Å². The van der Waals surface area contributed by atoms with Gasteiger partial charge >= 0.3 is 5.97 Å². The predicted molar refractivity (Wildman–Crippen MR) is 131 cm³/mol. The van der Waals surface area contributed by atoms with Gasteiger partial charge in [-0.25, -0.2) is 0 Å². The number of aliphatic hydroxyl groups is 2. The standard InChI is InChI=1S/C29H48O4/c1-17(2)26(31)12-7-18(3)23-10-11-24-22-9-8-20-15-21(33-19(4)30)16-27(32)29(20,6)25(22)13-14-28(23,24)5/h8,17-18,21-27,31-32H,7,9-16H2,1-6H3/t18-,21-,22+,23-,24+,25+,26+,27+,28-,29+/m1/s1. The first-order valence-corrected chi connectivity index (χ1v) is 13.7. The summed E-state index contributed by atoms with van der Waals surface area (Å²) >= 11 is 0. The van der Waals surface area contributed by atoms with E-state index in [4.69, 9.17) is 4.74 Å². The van der Waals surface area contributed by atoms with E-state index in [1.54, 1.807) is 0 Å². The van der Waals surface area contributed by atoms with Crippen LogP contribution in [0.2, 0.25) is 0 Å². The molecule has 0 aliphatic heterocycles. The van der Waals surface area contributed by atoms with Crippen LogP contribution in [0.1, 0.15) is 99.3 Å². The van der Waals surface area contributed by atoms with Crippen LogP contribution in [0.25, 0.3) is 0 Å².